The largest absolute Gasteiger partial charge is 0.317 e. The molecule has 8 heavy (non-hydrogen) atoms. The molecule has 0 saturated heterocycles. The van der Waals surface area contributed by atoms with Crippen LogP contribution in [0.4, 0.5) is 4.39 Å². The van der Waals surface area contributed by atoms with E-state index in [1.165, 1.54) is 0 Å². The van der Waals surface area contributed by atoms with Gasteiger partial charge >= 0.3 is 0 Å². The molecule has 0 aromatic rings. The van der Waals surface area contributed by atoms with E-state index in [1.54, 1.807) is 0 Å². The molecular formula is C6H12FN. The van der Waals surface area contributed by atoms with Crippen molar-refractivity contribution in [2.24, 2.45) is 5.92 Å². The zero-order chi connectivity index (χ0) is 5.98. The van der Waals surface area contributed by atoms with E-state index in [-0.39, 0.29) is 6.67 Å². The van der Waals surface area contributed by atoms with Crippen LogP contribution in [0.1, 0.15) is 12.8 Å². The first-order valence-corrected chi connectivity index (χ1v) is 3.10. The molecule has 0 aromatic heterocycles. The van der Waals surface area contributed by atoms with Crippen LogP contribution < -0.4 is 5.32 Å². The Labute approximate surface area is 49.3 Å². The summed E-state index contributed by atoms with van der Waals surface area (Å²) in [6.45, 7) is -0.127. The Morgan fingerprint density at radius 1 is 1.62 bits per heavy atom. The molecule has 0 bridgehead atoms. The maximum Gasteiger partial charge on any atom is 0.0923 e. The van der Waals surface area contributed by atoms with Gasteiger partial charge in [-0.25, -0.2) is 0 Å². The van der Waals surface area contributed by atoms with Crippen molar-refractivity contribution in [2.45, 2.75) is 18.9 Å². The molecule has 1 rings (SSSR count). The average Bonchev–Trinajstić information content (AvgIpc) is 1.65. The van der Waals surface area contributed by atoms with Crippen molar-refractivity contribution in [3.8, 4) is 0 Å². The number of hydrogen-bond donors (Lipinski definition) is 1. The van der Waals surface area contributed by atoms with Crippen LogP contribution in [0, 0.1) is 5.92 Å². The summed E-state index contributed by atoms with van der Waals surface area (Å²) in [7, 11) is 1.93. The first kappa shape index (κ1) is 6.02. The maximum atomic E-state index is 11.7. The summed E-state index contributed by atoms with van der Waals surface area (Å²) in [6, 6.07) is 0.607. The predicted octanol–water partition coefficient (Wildman–Crippen LogP) is 0.954. The van der Waals surface area contributed by atoms with Crippen molar-refractivity contribution in [1.82, 2.24) is 5.32 Å². The Hall–Kier alpha value is -0.110. The number of rotatable bonds is 2. The smallest absolute Gasteiger partial charge is 0.0923 e. The van der Waals surface area contributed by atoms with Crippen molar-refractivity contribution >= 4 is 0 Å². The molecule has 1 fully saturated rings. The molecule has 0 aliphatic heterocycles. The van der Waals surface area contributed by atoms with Crippen molar-refractivity contribution in [2.75, 3.05) is 13.7 Å². The zero-order valence-corrected chi connectivity index (χ0v) is 5.15. The van der Waals surface area contributed by atoms with Crippen LogP contribution in [0.3, 0.4) is 0 Å². The Balaban J connectivity index is 2.03. The van der Waals surface area contributed by atoms with Gasteiger partial charge in [-0.1, -0.05) is 0 Å². The topological polar surface area (TPSA) is 12.0 Å². The first-order chi connectivity index (χ1) is 3.86. The minimum Gasteiger partial charge on any atom is -0.317 e. The van der Waals surface area contributed by atoms with Crippen LogP contribution in [0.2, 0.25) is 0 Å². The van der Waals surface area contributed by atoms with Crippen LogP contribution in [0.5, 0.6) is 0 Å². The van der Waals surface area contributed by atoms with Gasteiger partial charge in [0.05, 0.1) is 6.67 Å². The summed E-state index contributed by atoms with van der Waals surface area (Å²) in [5.74, 6) is 0.368. The maximum absolute atomic E-state index is 11.7. The third-order valence-electron chi connectivity index (χ3n) is 1.86. The lowest BCUT2D eigenvalue weighted by molar-refractivity contribution is 0.188. The van der Waals surface area contributed by atoms with Crippen LogP contribution in [0.25, 0.3) is 0 Å². The monoisotopic (exact) mass is 117 g/mol. The third kappa shape index (κ3) is 0.996. The molecule has 1 saturated carbocycles. The van der Waals surface area contributed by atoms with Gasteiger partial charge in [0, 0.05) is 6.04 Å². The first-order valence-electron chi connectivity index (χ1n) is 3.10. The highest BCUT2D eigenvalue weighted by molar-refractivity contribution is 4.82. The lowest BCUT2D eigenvalue weighted by atomic mass is 9.81. The van der Waals surface area contributed by atoms with Crippen molar-refractivity contribution < 1.29 is 4.39 Å². The van der Waals surface area contributed by atoms with E-state index < -0.39 is 0 Å². The standard InChI is InChI=1S/C6H12FN/c1-8-6-2-5(3-6)4-7/h5-6,8H,2-4H2,1H3. The summed E-state index contributed by atoms with van der Waals surface area (Å²) in [4.78, 5) is 0. The molecule has 48 valence electrons. The number of halogens is 1. The minimum atomic E-state index is -0.127. The van der Waals surface area contributed by atoms with E-state index in [4.69, 9.17) is 0 Å². The van der Waals surface area contributed by atoms with Crippen LogP contribution in [-0.4, -0.2) is 19.8 Å². The van der Waals surface area contributed by atoms with Gasteiger partial charge < -0.3 is 5.32 Å². The molecule has 0 radical (unpaired) electrons. The van der Waals surface area contributed by atoms with Gasteiger partial charge in [0.15, 0.2) is 0 Å². The van der Waals surface area contributed by atoms with Crippen molar-refractivity contribution in [1.29, 1.82) is 0 Å². The van der Waals surface area contributed by atoms with E-state index in [0.717, 1.165) is 12.8 Å². The second-order valence-corrected chi connectivity index (χ2v) is 2.48. The zero-order valence-electron chi connectivity index (χ0n) is 5.15. The van der Waals surface area contributed by atoms with E-state index >= 15 is 0 Å². The highest BCUT2D eigenvalue weighted by Crippen LogP contribution is 2.26. The average molecular weight is 117 g/mol. The van der Waals surface area contributed by atoms with Gasteiger partial charge in [0.1, 0.15) is 0 Å². The normalized spacial score (nSPS) is 36.8. The fraction of sp³-hybridized carbons (Fsp3) is 1.00. The summed E-state index contributed by atoms with van der Waals surface area (Å²) < 4.78 is 11.7. The molecule has 0 amide bonds. The molecule has 0 spiro atoms. The Kier molecular flexibility index (Phi) is 1.84. The van der Waals surface area contributed by atoms with E-state index in [0.29, 0.717) is 12.0 Å². The lowest BCUT2D eigenvalue weighted by Gasteiger charge is -2.32. The molecule has 0 aromatic carbocycles. The van der Waals surface area contributed by atoms with E-state index in [1.807, 2.05) is 7.05 Å². The summed E-state index contributed by atoms with van der Waals surface area (Å²) >= 11 is 0. The van der Waals surface area contributed by atoms with E-state index in [2.05, 4.69) is 5.32 Å². The molecule has 1 aliphatic carbocycles. The SMILES string of the molecule is CNC1CC(CF)C1. The van der Waals surface area contributed by atoms with Gasteiger partial charge in [-0.3, -0.25) is 4.39 Å². The molecule has 0 heterocycles. The van der Waals surface area contributed by atoms with Gasteiger partial charge in [0.25, 0.3) is 0 Å². The lowest BCUT2D eigenvalue weighted by Crippen LogP contribution is -2.39. The minimum absolute atomic E-state index is 0.127. The summed E-state index contributed by atoms with van der Waals surface area (Å²) in [6.07, 6.45) is 2.07. The number of hydrogen-bond acceptors (Lipinski definition) is 1. The second kappa shape index (κ2) is 2.44. The highest BCUT2D eigenvalue weighted by Gasteiger charge is 2.26. The number of nitrogens with one attached hydrogen (secondary N) is 1. The summed E-state index contributed by atoms with van der Waals surface area (Å²) in [5.41, 5.74) is 0. The number of alkyl halides is 1. The quantitative estimate of drug-likeness (QED) is 0.568. The molecule has 0 unspecified atom stereocenters. The summed E-state index contributed by atoms with van der Waals surface area (Å²) in [5, 5.41) is 3.10. The molecule has 1 aliphatic rings. The van der Waals surface area contributed by atoms with Gasteiger partial charge in [-0.05, 0) is 25.8 Å². The fourth-order valence-electron chi connectivity index (χ4n) is 1.10. The van der Waals surface area contributed by atoms with E-state index in [9.17, 15) is 4.39 Å². The molecule has 2 heteroatoms. The van der Waals surface area contributed by atoms with Crippen molar-refractivity contribution in [3.63, 3.8) is 0 Å². The fourth-order valence-corrected chi connectivity index (χ4v) is 1.10. The Bertz CT molecular complexity index is 60.9. The molecule has 1 N–H and O–H groups in total. The van der Waals surface area contributed by atoms with Crippen LogP contribution in [0.15, 0.2) is 0 Å². The third-order valence-corrected chi connectivity index (χ3v) is 1.86. The highest BCUT2D eigenvalue weighted by atomic mass is 19.1. The molecule has 0 atom stereocenters. The molecule has 1 nitrogen and oxygen atoms in total. The van der Waals surface area contributed by atoms with Gasteiger partial charge in [-0.2, -0.15) is 0 Å². The molecular weight excluding hydrogens is 105 g/mol. The second-order valence-electron chi connectivity index (χ2n) is 2.48. The van der Waals surface area contributed by atoms with Gasteiger partial charge in [0.2, 0.25) is 0 Å². The van der Waals surface area contributed by atoms with Gasteiger partial charge in [-0.15, -0.1) is 0 Å². The van der Waals surface area contributed by atoms with Crippen LogP contribution >= 0.6 is 0 Å². The van der Waals surface area contributed by atoms with Crippen molar-refractivity contribution in [3.05, 3.63) is 0 Å². The predicted molar refractivity (Wildman–Crippen MR) is 31.5 cm³/mol. The Morgan fingerprint density at radius 3 is 2.62 bits per heavy atom. The van der Waals surface area contributed by atoms with Crippen LogP contribution in [-0.2, 0) is 0 Å². The Morgan fingerprint density at radius 2 is 2.25 bits per heavy atom.